The maximum atomic E-state index is 5.63. The van der Waals surface area contributed by atoms with E-state index in [0.717, 1.165) is 22.4 Å². The van der Waals surface area contributed by atoms with E-state index in [1.54, 1.807) is 7.11 Å². The fourth-order valence-corrected chi connectivity index (χ4v) is 2.52. The fourth-order valence-electron chi connectivity index (χ4n) is 2.52. The molecule has 1 aromatic heterocycles. The number of hydrogen-bond donors (Lipinski definition) is 1. The Morgan fingerprint density at radius 2 is 1.71 bits per heavy atom. The van der Waals surface area contributed by atoms with Gasteiger partial charge in [-0.1, -0.05) is 41.6 Å². The molecule has 0 atom stereocenters. The number of rotatable bonds is 5. The quantitative estimate of drug-likeness (QED) is 0.777. The third-order valence-corrected chi connectivity index (χ3v) is 4.22. The molecule has 0 radical (unpaired) electrons. The van der Waals surface area contributed by atoms with Crippen LogP contribution in [0.3, 0.4) is 0 Å². The van der Waals surface area contributed by atoms with Gasteiger partial charge in [0.1, 0.15) is 5.75 Å². The minimum absolute atomic E-state index is 0.394. The molecule has 0 unspecified atom stereocenters. The maximum Gasteiger partial charge on any atom is 0.237 e. The third kappa shape index (κ3) is 3.03. The molecule has 5 nitrogen and oxygen atoms in total. The van der Waals surface area contributed by atoms with Crippen LogP contribution in [-0.4, -0.2) is 17.3 Å². The summed E-state index contributed by atoms with van der Waals surface area (Å²) < 4.78 is 10.7. The summed E-state index contributed by atoms with van der Waals surface area (Å²) >= 11 is 0. The van der Waals surface area contributed by atoms with Gasteiger partial charge in [-0.15, -0.1) is 0 Å². The van der Waals surface area contributed by atoms with Gasteiger partial charge in [0.25, 0.3) is 0 Å². The van der Waals surface area contributed by atoms with Gasteiger partial charge in [0, 0.05) is 12.1 Å². The van der Waals surface area contributed by atoms with E-state index in [4.69, 9.17) is 15.0 Å². The normalized spacial score (nSPS) is 11.5. The predicted molar refractivity (Wildman–Crippen MR) is 92.7 cm³/mol. The van der Waals surface area contributed by atoms with Gasteiger partial charge in [-0.05, 0) is 37.1 Å². The standard InChI is InChI=1S/C19H21N3O2/c1-19(2,15-8-10-16(23-3)11-9-15)18-21-17(22-24-18)14-6-4-13(12-20)5-7-14/h4-11H,12,20H2,1-3H3. The predicted octanol–water partition coefficient (Wildman–Crippen LogP) is 3.53. The Kier molecular flexibility index (Phi) is 4.36. The molecule has 0 saturated heterocycles. The zero-order chi connectivity index (χ0) is 17.2. The number of ether oxygens (including phenoxy) is 1. The van der Waals surface area contributed by atoms with Crippen molar-refractivity contribution < 1.29 is 9.26 Å². The molecule has 5 heteroatoms. The summed E-state index contributed by atoms with van der Waals surface area (Å²) in [5, 5.41) is 4.13. The molecule has 3 rings (SSSR count). The van der Waals surface area contributed by atoms with Crippen molar-refractivity contribution in [2.75, 3.05) is 7.11 Å². The largest absolute Gasteiger partial charge is 0.497 e. The lowest BCUT2D eigenvalue weighted by molar-refractivity contribution is 0.332. The van der Waals surface area contributed by atoms with Crippen LogP contribution in [0, 0.1) is 0 Å². The van der Waals surface area contributed by atoms with Crippen LogP contribution >= 0.6 is 0 Å². The van der Waals surface area contributed by atoms with Crippen LogP contribution in [0.5, 0.6) is 5.75 Å². The maximum absolute atomic E-state index is 5.63. The van der Waals surface area contributed by atoms with Crippen LogP contribution in [-0.2, 0) is 12.0 Å². The van der Waals surface area contributed by atoms with Crippen molar-refractivity contribution in [3.8, 4) is 17.1 Å². The number of benzene rings is 2. The van der Waals surface area contributed by atoms with Crippen molar-refractivity contribution in [2.45, 2.75) is 25.8 Å². The Hall–Kier alpha value is -2.66. The van der Waals surface area contributed by atoms with Crippen LogP contribution in [0.15, 0.2) is 53.1 Å². The molecule has 24 heavy (non-hydrogen) atoms. The second-order valence-electron chi connectivity index (χ2n) is 6.18. The molecule has 0 aliphatic heterocycles. The molecule has 2 N–H and O–H groups in total. The minimum atomic E-state index is -0.394. The van der Waals surface area contributed by atoms with Crippen LogP contribution in [0.4, 0.5) is 0 Å². The molecule has 0 bridgehead atoms. The lowest BCUT2D eigenvalue weighted by Crippen LogP contribution is -2.19. The Morgan fingerprint density at radius 1 is 1.04 bits per heavy atom. The molecule has 0 fully saturated rings. The molecule has 124 valence electrons. The van der Waals surface area contributed by atoms with Crippen LogP contribution in [0.25, 0.3) is 11.4 Å². The molecule has 0 amide bonds. The van der Waals surface area contributed by atoms with E-state index in [1.807, 2.05) is 48.5 Å². The zero-order valence-electron chi connectivity index (χ0n) is 14.1. The first-order chi connectivity index (χ1) is 11.5. The van der Waals surface area contributed by atoms with E-state index in [9.17, 15) is 0 Å². The van der Waals surface area contributed by atoms with Crippen molar-refractivity contribution in [3.05, 3.63) is 65.5 Å². The lowest BCUT2D eigenvalue weighted by Gasteiger charge is -2.20. The second-order valence-corrected chi connectivity index (χ2v) is 6.18. The average molecular weight is 323 g/mol. The Balaban J connectivity index is 1.89. The van der Waals surface area contributed by atoms with E-state index < -0.39 is 5.41 Å². The molecule has 0 aliphatic carbocycles. The highest BCUT2D eigenvalue weighted by Crippen LogP contribution is 2.32. The first-order valence-corrected chi connectivity index (χ1v) is 7.82. The zero-order valence-corrected chi connectivity index (χ0v) is 14.1. The van der Waals surface area contributed by atoms with Crippen molar-refractivity contribution in [1.29, 1.82) is 0 Å². The average Bonchev–Trinajstić information content (AvgIpc) is 3.13. The molecule has 1 heterocycles. The Labute approximate surface area is 141 Å². The second kappa shape index (κ2) is 6.45. The van der Waals surface area contributed by atoms with Gasteiger partial charge in [-0.3, -0.25) is 0 Å². The SMILES string of the molecule is COc1ccc(C(C)(C)c2nc(-c3ccc(CN)cc3)no2)cc1. The van der Waals surface area contributed by atoms with Gasteiger partial charge in [0.15, 0.2) is 0 Å². The van der Waals surface area contributed by atoms with Crippen LogP contribution in [0.2, 0.25) is 0 Å². The Morgan fingerprint density at radius 3 is 2.29 bits per heavy atom. The first-order valence-electron chi connectivity index (χ1n) is 7.82. The van der Waals surface area contributed by atoms with Crippen LogP contribution in [0.1, 0.15) is 30.9 Å². The van der Waals surface area contributed by atoms with E-state index in [1.165, 1.54) is 0 Å². The molecule has 0 saturated carbocycles. The van der Waals surface area contributed by atoms with Gasteiger partial charge in [0.2, 0.25) is 11.7 Å². The molecule has 0 spiro atoms. The number of aromatic nitrogens is 2. The van der Waals surface area contributed by atoms with Crippen LogP contribution < -0.4 is 10.5 Å². The summed E-state index contributed by atoms with van der Waals surface area (Å²) in [4.78, 5) is 4.59. The van der Waals surface area contributed by atoms with E-state index in [-0.39, 0.29) is 0 Å². The molecule has 0 aliphatic rings. The van der Waals surface area contributed by atoms with Gasteiger partial charge in [-0.2, -0.15) is 4.98 Å². The van der Waals surface area contributed by atoms with Gasteiger partial charge in [-0.25, -0.2) is 0 Å². The van der Waals surface area contributed by atoms with Crippen molar-refractivity contribution >= 4 is 0 Å². The topological polar surface area (TPSA) is 74.2 Å². The van der Waals surface area contributed by atoms with Gasteiger partial charge >= 0.3 is 0 Å². The number of nitrogens with two attached hydrogens (primary N) is 1. The summed E-state index contributed by atoms with van der Waals surface area (Å²) in [6, 6.07) is 15.7. The summed E-state index contributed by atoms with van der Waals surface area (Å²) in [6.07, 6.45) is 0. The van der Waals surface area contributed by atoms with Gasteiger partial charge < -0.3 is 15.0 Å². The van der Waals surface area contributed by atoms with E-state index >= 15 is 0 Å². The highest BCUT2D eigenvalue weighted by Gasteiger charge is 2.30. The highest BCUT2D eigenvalue weighted by atomic mass is 16.5. The summed E-state index contributed by atoms with van der Waals surface area (Å²) in [5.74, 6) is 1.97. The summed E-state index contributed by atoms with van der Waals surface area (Å²) in [6.45, 7) is 4.63. The van der Waals surface area contributed by atoms with Crippen molar-refractivity contribution in [1.82, 2.24) is 10.1 Å². The molecular formula is C19H21N3O2. The van der Waals surface area contributed by atoms with Gasteiger partial charge in [0.05, 0.1) is 12.5 Å². The van der Waals surface area contributed by atoms with Crippen molar-refractivity contribution in [2.24, 2.45) is 5.73 Å². The molecule has 2 aromatic carbocycles. The highest BCUT2D eigenvalue weighted by molar-refractivity contribution is 5.55. The summed E-state index contributed by atoms with van der Waals surface area (Å²) in [5.41, 5.74) is 8.29. The Bertz CT molecular complexity index is 805. The summed E-state index contributed by atoms with van der Waals surface area (Å²) in [7, 11) is 1.65. The lowest BCUT2D eigenvalue weighted by atomic mass is 9.84. The third-order valence-electron chi connectivity index (χ3n) is 4.22. The van der Waals surface area contributed by atoms with E-state index in [2.05, 4.69) is 24.0 Å². The van der Waals surface area contributed by atoms with Crippen molar-refractivity contribution in [3.63, 3.8) is 0 Å². The molecular weight excluding hydrogens is 302 g/mol. The number of methoxy groups -OCH3 is 1. The number of nitrogens with zero attached hydrogens (tertiary/aromatic N) is 2. The number of hydrogen-bond acceptors (Lipinski definition) is 5. The van der Waals surface area contributed by atoms with E-state index in [0.29, 0.717) is 18.3 Å². The first kappa shape index (κ1) is 16.2. The fraction of sp³-hybridized carbons (Fsp3) is 0.263. The smallest absolute Gasteiger partial charge is 0.237 e. The minimum Gasteiger partial charge on any atom is -0.497 e. The monoisotopic (exact) mass is 323 g/mol. The molecule has 3 aromatic rings.